The number of nitrogen functional groups attached to an aromatic ring is 1. The fourth-order valence-corrected chi connectivity index (χ4v) is 5.25. The van der Waals surface area contributed by atoms with Crippen molar-refractivity contribution in [3.05, 3.63) is 30.1 Å². The van der Waals surface area contributed by atoms with Crippen LogP contribution in [0.5, 0.6) is 0 Å². The number of sulfonamides is 1. The molecule has 0 atom stereocenters. The molecule has 0 amide bonds. The van der Waals surface area contributed by atoms with E-state index >= 15 is 0 Å². The molecule has 8 heteroatoms. The molecule has 1 fully saturated rings. The van der Waals surface area contributed by atoms with Gasteiger partial charge in [0.2, 0.25) is 10.0 Å². The molecule has 0 bridgehead atoms. The number of unbranched alkanes of at least 4 members (excludes halogenated alkanes) is 1. The Bertz CT molecular complexity index is 1130. The van der Waals surface area contributed by atoms with E-state index in [1.165, 1.54) is 6.26 Å². The minimum absolute atomic E-state index is 0.420. The summed E-state index contributed by atoms with van der Waals surface area (Å²) in [6.45, 7) is 2.71. The topological polar surface area (TPSA) is 103 Å². The van der Waals surface area contributed by atoms with Crippen molar-refractivity contribution in [2.75, 3.05) is 12.0 Å². The summed E-state index contributed by atoms with van der Waals surface area (Å²) in [6.07, 6.45) is 6.80. The predicted octanol–water partition coefficient (Wildman–Crippen LogP) is 2.98. The highest BCUT2D eigenvalue weighted by atomic mass is 32.2. The van der Waals surface area contributed by atoms with Gasteiger partial charge in [-0.1, -0.05) is 31.5 Å². The van der Waals surface area contributed by atoms with Gasteiger partial charge >= 0.3 is 0 Å². The lowest BCUT2D eigenvalue weighted by Gasteiger charge is -2.42. The monoisotopic (exact) mass is 401 g/mol. The van der Waals surface area contributed by atoms with Crippen LogP contribution in [0.3, 0.4) is 0 Å². The molecule has 0 unspecified atom stereocenters. The summed E-state index contributed by atoms with van der Waals surface area (Å²) in [7, 11) is -3.30. The molecule has 0 saturated heterocycles. The van der Waals surface area contributed by atoms with Crippen LogP contribution >= 0.6 is 0 Å². The lowest BCUT2D eigenvalue weighted by molar-refractivity contribution is 0.191. The number of rotatable bonds is 7. The average Bonchev–Trinajstić information content (AvgIpc) is 2.96. The quantitative estimate of drug-likeness (QED) is 0.633. The smallest absolute Gasteiger partial charge is 0.209 e. The summed E-state index contributed by atoms with van der Waals surface area (Å²) < 4.78 is 29.1. The summed E-state index contributed by atoms with van der Waals surface area (Å²) in [6, 6.07) is 7.90. The molecule has 2 heterocycles. The van der Waals surface area contributed by atoms with Gasteiger partial charge in [-0.05, 0) is 31.7 Å². The minimum Gasteiger partial charge on any atom is -0.382 e. The van der Waals surface area contributed by atoms with E-state index in [-0.39, 0.29) is 0 Å². The van der Waals surface area contributed by atoms with Gasteiger partial charge in [0.15, 0.2) is 5.82 Å². The average molecular weight is 402 g/mol. The Hall–Kier alpha value is -2.19. The van der Waals surface area contributed by atoms with E-state index in [2.05, 4.69) is 21.2 Å². The zero-order chi connectivity index (χ0) is 19.9. The molecule has 0 radical (unpaired) electrons. The first-order chi connectivity index (χ1) is 13.3. The number of nitrogens with two attached hydrogens (primary N) is 1. The second-order valence-electron chi connectivity index (χ2n) is 7.94. The molecule has 1 aliphatic carbocycles. The number of nitrogens with zero attached hydrogens (tertiary/aromatic N) is 3. The van der Waals surface area contributed by atoms with Crippen LogP contribution in [0.25, 0.3) is 21.9 Å². The molecule has 3 N–H and O–H groups in total. The van der Waals surface area contributed by atoms with Crippen molar-refractivity contribution < 1.29 is 8.42 Å². The van der Waals surface area contributed by atoms with Crippen molar-refractivity contribution >= 4 is 37.8 Å². The van der Waals surface area contributed by atoms with E-state index in [0.717, 1.165) is 60.8 Å². The minimum atomic E-state index is -3.30. The van der Waals surface area contributed by atoms with E-state index in [1.54, 1.807) is 0 Å². The predicted molar refractivity (Wildman–Crippen MR) is 113 cm³/mol. The van der Waals surface area contributed by atoms with Crippen molar-refractivity contribution in [1.29, 1.82) is 0 Å². The Kier molecular flexibility index (Phi) is 4.79. The number of anilines is 1. The van der Waals surface area contributed by atoms with E-state index in [1.807, 2.05) is 24.3 Å². The maximum Gasteiger partial charge on any atom is 0.209 e. The first-order valence-corrected chi connectivity index (χ1v) is 11.7. The van der Waals surface area contributed by atoms with E-state index in [4.69, 9.17) is 10.7 Å². The van der Waals surface area contributed by atoms with Crippen LogP contribution in [0.4, 0.5) is 5.82 Å². The van der Waals surface area contributed by atoms with Crippen LogP contribution in [-0.2, 0) is 23.0 Å². The lowest BCUT2D eigenvalue weighted by atomic mass is 9.77. The Morgan fingerprint density at radius 1 is 1.25 bits per heavy atom. The van der Waals surface area contributed by atoms with Gasteiger partial charge in [-0.15, -0.1) is 0 Å². The first-order valence-electron chi connectivity index (χ1n) is 9.84. The number of benzene rings is 1. The standard InChI is InChI=1S/C20H27N5O2S/c1-3-4-10-16-23-17-18(14-8-5-6-9-15(14)22-19(17)21)25(16)13-20(11-7-12-20)24-28(2,26)27/h5-6,8-9,24H,3-4,7,10-13H2,1-2H3,(H2,21,22). The Morgan fingerprint density at radius 3 is 2.64 bits per heavy atom. The normalized spacial score (nSPS) is 16.5. The number of aryl methyl sites for hydroxylation is 1. The highest BCUT2D eigenvalue weighted by Gasteiger charge is 2.40. The summed E-state index contributed by atoms with van der Waals surface area (Å²) in [4.78, 5) is 9.36. The second kappa shape index (κ2) is 7.00. The summed E-state index contributed by atoms with van der Waals surface area (Å²) in [5.74, 6) is 1.37. The summed E-state index contributed by atoms with van der Waals surface area (Å²) in [5, 5.41) is 0.996. The van der Waals surface area contributed by atoms with Crippen LogP contribution in [0.1, 0.15) is 44.9 Å². The van der Waals surface area contributed by atoms with Gasteiger partial charge in [-0.25, -0.2) is 23.1 Å². The highest BCUT2D eigenvalue weighted by Crippen LogP contribution is 2.37. The molecule has 4 rings (SSSR count). The van der Waals surface area contributed by atoms with Gasteiger partial charge in [-0.3, -0.25) is 0 Å². The van der Waals surface area contributed by atoms with E-state index < -0.39 is 15.6 Å². The molecule has 28 heavy (non-hydrogen) atoms. The maximum absolute atomic E-state index is 12.0. The molecule has 0 aliphatic heterocycles. The Labute approximate surface area is 165 Å². The van der Waals surface area contributed by atoms with Gasteiger partial charge in [0.05, 0.1) is 22.8 Å². The van der Waals surface area contributed by atoms with Crippen molar-refractivity contribution in [1.82, 2.24) is 19.3 Å². The lowest BCUT2D eigenvalue weighted by Crippen LogP contribution is -2.55. The highest BCUT2D eigenvalue weighted by molar-refractivity contribution is 7.88. The number of hydrogen-bond donors (Lipinski definition) is 2. The molecule has 0 spiro atoms. The van der Waals surface area contributed by atoms with Crippen LogP contribution in [0.2, 0.25) is 0 Å². The number of para-hydroxylation sites is 1. The number of aromatic nitrogens is 3. The van der Waals surface area contributed by atoms with Crippen LogP contribution in [-0.4, -0.2) is 34.7 Å². The summed E-state index contributed by atoms with van der Waals surface area (Å²) >= 11 is 0. The molecule has 2 aromatic heterocycles. The van der Waals surface area contributed by atoms with Crippen molar-refractivity contribution in [2.45, 2.75) is 57.5 Å². The molecule has 1 aromatic carbocycles. The number of hydrogen-bond acceptors (Lipinski definition) is 5. The van der Waals surface area contributed by atoms with Crippen LogP contribution in [0.15, 0.2) is 24.3 Å². The molecular formula is C20H27N5O2S. The van der Waals surface area contributed by atoms with Crippen molar-refractivity contribution in [2.24, 2.45) is 0 Å². The third kappa shape index (κ3) is 3.46. The summed E-state index contributed by atoms with van der Waals surface area (Å²) in [5.41, 5.74) is 8.28. The van der Waals surface area contributed by atoms with Crippen LogP contribution < -0.4 is 10.5 Å². The molecule has 150 valence electrons. The molecule has 1 saturated carbocycles. The molecule has 3 aromatic rings. The van der Waals surface area contributed by atoms with Crippen LogP contribution in [0, 0.1) is 0 Å². The number of fused-ring (bicyclic) bond motifs is 3. The zero-order valence-corrected chi connectivity index (χ0v) is 17.2. The van der Waals surface area contributed by atoms with E-state index in [9.17, 15) is 8.42 Å². The van der Waals surface area contributed by atoms with Gasteiger partial charge in [0.1, 0.15) is 11.3 Å². The fourth-order valence-electron chi connectivity index (χ4n) is 4.19. The molecule has 7 nitrogen and oxygen atoms in total. The Morgan fingerprint density at radius 2 is 2.00 bits per heavy atom. The van der Waals surface area contributed by atoms with Crippen molar-refractivity contribution in [3.63, 3.8) is 0 Å². The van der Waals surface area contributed by atoms with E-state index in [0.29, 0.717) is 17.9 Å². The second-order valence-corrected chi connectivity index (χ2v) is 9.69. The number of pyridine rings is 1. The van der Waals surface area contributed by atoms with Gasteiger partial charge in [-0.2, -0.15) is 0 Å². The fraction of sp³-hybridized carbons (Fsp3) is 0.500. The molecular weight excluding hydrogens is 374 g/mol. The maximum atomic E-state index is 12.0. The molecule has 1 aliphatic rings. The van der Waals surface area contributed by atoms with Gasteiger partial charge < -0.3 is 10.3 Å². The number of nitrogens with one attached hydrogen (secondary N) is 1. The third-order valence-corrected chi connectivity index (χ3v) is 6.42. The van der Waals surface area contributed by atoms with Gasteiger partial charge in [0, 0.05) is 18.4 Å². The van der Waals surface area contributed by atoms with Gasteiger partial charge in [0.25, 0.3) is 0 Å². The largest absolute Gasteiger partial charge is 0.382 e. The van der Waals surface area contributed by atoms with Crippen molar-refractivity contribution in [3.8, 4) is 0 Å². The third-order valence-electron chi connectivity index (χ3n) is 5.62. The zero-order valence-electron chi connectivity index (χ0n) is 16.4. The number of imidazole rings is 1. The first kappa shape index (κ1) is 19.1. The Balaban J connectivity index is 1.91. The SMILES string of the molecule is CCCCc1nc2c(N)nc3ccccc3c2n1CC1(NS(C)(=O)=O)CCC1.